The molecule has 0 aliphatic carbocycles. The summed E-state index contributed by atoms with van der Waals surface area (Å²) in [5.41, 5.74) is 0.769. The van der Waals surface area contributed by atoms with Gasteiger partial charge in [0.25, 0.3) is 0 Å². The Hall–Kier alpha value is -1.08. The molecular formula is C13H15Cl2N3O2S. The zero-order chi connectivity index (χ0) is 15.6. The average molecular weight is 348 g/mol. The quantitative estimate of drug-likeness (QED) is 0.901. The Balaban J connectivity index is 2.34. The molecule has 0 fully saturated rings. The molecule has 114 valence electrons. The van der Waals surface area contributed by atoms with Gasteiger partial charge in [-0.15, -0.1) is 0 Å². The van der Waals surface area contributed by atoms with Crippen molar-refractivity contribution in [3.63, 3.8) is 0 Å². The molecule has 0 saturated heterocycles. The largest absolute Gasteiger partial charge is 0.284 e. The summed E-state index contributed by atoms with van der Waals surface area (Å²) in [7, 11) is -3.61. The predicted molar refractivity (Wildman–Crippen MR) is 82.9 cm³/mol. The van der Waals surface area contributed by atoms with E-state index in [1.54, 1.807) is 18.2 Å². The maximum Gasteiger partial charge on any atom is 0.246 e. The molecule has 21 heavy (non-hydrogen) atoms. The van der Waals surface area contributed by atoms with Gasteiger partial charge in [0.1, 0.15) is 4.90 Å². The van der Waals surface area contributed by atoms with Crippen LogP contribution in [0.25, 0.3) is 0 Å². The maximum absolute atomic E-state index is 12.6. The fraction of sp³-hybridized carbons (Fsp3) is 0.308. The molecule has 0 bridgehead atoms. The van der Waals surface area contributed by atoms with Crippen molar-refractivity contribution in [2.45, 2.75) is 31.3 Å². The van der Waals surface area contributed by atoms with Gasteiger partial charge in [-0.25, -0.2) is 8.42 Å². The van der Waals surface area contributed by atoms with Gasteiger partial charge in [0.15, 0.2) is 0 Å². The lowest BCUT2D eigenvalue weighted by Crippen LogP contribution is -2.36. The number of sulfonamides is 1. The van der Waals surface area contributed by atoms with E-state index in [9.17, 15) is 8.42 Å². The number of aromatic amines is 1. The second-order valence-corrected chi connectivity index (χ2v) is 7.53. The van der Waals surface area contributed by atoms with Crippen LogP contribution in [0.4, 0.5) is 0 Å². The van der Waals surface area contributed by atoms with Crippen molar-refractivity contribution in [1.82, 2.24) is 14.5 Å². The highest BCUT2D eigenvalue weighted by atomic mass is 35.5. The van der Waals surface area contributed by atoms with E-state index in [1.165, 1.54) is 16.7 Å². The number of nitrogens with one attached hydrogen (secondary N) is 1. The molecule has 0 radical (unpaired) electrons. The standard InChI is InChI=1S/C13H15Cl2N3O2S/c1-9(2)18(21(19,20)11-6-16-17-7-11)8-10-3-4-12(14)13(15)5-10/h3-7,9H,8H2,1-2H3,(H,16,17). The van der Waals surface area contributed by atoms with Gasteiger partial charge in [-0.2, -0.15) is 9.40 Å². The lowest BCUT2D eigenvalue weighted by molar-refractivity contribution is 0.348. The van der Waals surface area contributed by atoms with Gasteiger partial charge in [0.05, 0.1) is 16.2 Å². The van der Waals surface area contributed by atoms with Gasteiger partial charge in [-0.3, -0.25) is 5.10 Å². The molecule has 0 unspecified atom stereocenters. The zero-order valence-electron chi connectivity index (χ0n) is 11.5. The van der Waals surface area contributed by atoms with E-state index in [0.717, 1.165) is 5.56 Å². The van der Waals surface area contributed by atoms with Crippen molar-refractivity contribution in [3.05, 3.63) is 46.2 Å². The smallest absolute Gasteiger partial charge is 0.246 e. The van der Waals surface area contributed by atoms with Crippen LogP contribution in [0.3, 0.4) is 0 Å². The number of nitrogens with zero attached hydrogens (tertiary/aromatic N) is 2. The van der Waals surface area contributed by atoms with Crippen LogP contribution in [-0.4, -0.2) is 29.0 Å². The van der Waals surface area contributed by atoms with Gasteiger partial charge in [0.2, 0.25) is 10.0 Å². The summed E-state index contributed by atoms with van der Waals surface area (Å²) in [6.07, 6.45) is 2.65. The highest BCUT2D eigenvalue weighted by molar-refractivity contribution is 7.89. The number of H-pyrrole nitrogens is 1. The van der Waals surface area contributed by atoms with Gasteiger partial charge in [0, 0.05) is 18.8 Å². The Labute approximate surface area is 133 Å². The van der Waals surface area contributed by atoms with Crippen LogP contribution in [-0.2, 0) is 16.6 Å². The molecule has 2 rings (SSSR count). The first-order valence-corrected chi connectivity index (χ1v) is 8.46. The Morgan fingerprint density at radius 1 is 1.29 bits per heavy atom. The minimum absolute atomic E-state index is 0.135. The van der Waals surface area contributed by atoms with Crippen molar-refractivity contribution in [2.24, 2.45) is 0 Å². The van der Waals surface area contributed by atoms with E-state index < -0.39 is 10.0 Å². The summed E-state index contributed by atoms with van der Waals surface area (Å²) in [5.74, 6) is 0. The van der Waals surface area contributed by atoms with Crippen molar-refractivity contribution in [2.75, 3.05) is 0 Å². The Kier molecular flexibility index (Phi) is 4.93. The monoisotopic (exact) mass is 347 g/mol. The molecular weight excluding hydrogens is 333 g/mol. The second kappa shape index (κ2) is 6.36. The number of hydrogen-bond acceptors (Lipinski definition) is 3. The molecule has 8 heteroatoms. The molecule has 2 aromatic rings. The van der Waals surface area contributed by atoms with E-state index in [2.05, 4.69) is 10.2 Å². The van der Waals surface area contributed by atoms with E-state index in [0.29, 0.717) is 10.0 Å². The molecule has 0 amide bonds. The summed E-state index contributed by atoms with van der Waals surface area (Å²) in [5, 5.41) is 7.05. The molecule has 1 heterocycles. The normalized spacial score (nSPS) is 12.3. The number of benzene rings is 1. The van der Waals surface area contributed by atoms with E-state index in [-0.39, 0.29) is 17.5 Å². The molecule has 1 aromatic heterocycles. The summed E-state index contributed by atoms with van der Waals surface area (Å²) >= 11 is 11.9. The van der Waals surface area contributed by atoms with Crippen LogP contribution in [0.1, 0.15) is 19.4 Å². The highest BCUT2D eigenvalue weighted by Crippen LogP contribution is 2.25. The van der Waals surface area contributed by atoms with Crippen molar-refractivity contribution in [1.29, 1.82) is 0 Å². The number of rotatable bonds is 5. The third kappa shape index (κ3) is 3.58. The molecule has 0 aliphatic heterocycles. The van der Waals surface area contributed by atoms with Crippen LogP contribution >= 0.6 is 23.2 Å². The summed E-state index contributed by atoms with van der Waals surface area (Å²) in [6, 6.07) is 4.88. The van der Waals surface area contributed by atoms with Crippen LogP contribution in [0.2, 0.25) is 10.0 Å². The number of aromatic nitrogens is 2. The molecule has 0 atom stereocenters. The summed E-state index contributed by atoms with van der Waals surface area (Å²) in [4.78, 5) is 0.135. The van der Waals surface area contributed by atoms with Gasteiger partial charge < -0.3 is 0 Å². The second-order valence-electron chi connectivity index (χ2n) is 4.83. The first-order chi connectivity index (χ1) is 9.82. The Morgan fingerprint density at radius 2 is 2.00 bits per heavy atom. The highest BCUT2D eigenvalue weighted by Gasteiger charge is 2.28. The van der Waals surface area contributed by atoms with Crippen molar-refractivity contribution < 1.29 is 8.42 Å². The van der Waals surface area contributed by atoms with E-state index in [1.807, 2.05) is 13.8 Å². The minimum Gasteiger partial charge on any atom is -0.284 e. The Bertz CT molecular complexity index is 715. The van der Waals surface area contributed by atoms with Crippen molar-refractivity contribution >= 4 is 33.2 Å². The van der Waals surface area contributed by atoms with E-state index >= 15 is 0 Å². The van der Waals surface area contributed by atoms with Gasteiger partial charge in [-0.1, -0.05) is 29.3 Å². The summed E-state index contributed by atoms with van der Waals surface area (Å²) < 4.78 is 26.6. The molecule has 1 aromatic carbocycles. The fourth-order valence-corrected chi connectivity index (χ4v) is 3.73. The molecule has 0 aliphatic rings. The predicted octanol–water partition coefficient (Wildman–Crippen LogP) is 3.32. The maximum atomic E-state index is 12.6. The molecule has 5 nitrogen and oxygen atoms in total. The van der Waals surface area contributed by atoms with Crippen LogP contribution in [0, 0.1) is 0 Å². The molecule has 0 saturated carbocycles. The third-order valence-electron chi connectivity index (χ3n) is 2.98. The minimum atomic E-state index is -3.61. The number of hydrogen-bond donors (Lipinski definition) is 1. The van der Waals surface area contributed by atoms with Crippen LogP contribution in [0.15, 0.2) is 35.5 Å². The third-order valence-corrected chi connectivity index (χ3v) is 5.70. The average Bonchev–Trinajstić information content (AvgIpc) is 2.94. The lowest BCUT2D eigenvalue weighted by atomic mass is 10.2. The fourth-order valence-electron chi connectivity index (χ4n) is 1.88. The first kappa shape index (κ1) is 16.3. The molecule has 0 spiro atoms. The van der Waals surface area contributed by atoms with Gasteiger partial charge in [-0.05, 0) is 31.5 Å². The van der Waals surface area contributed by atoms with Crippen LogP contribution < -0.4 is 0 Å². The lowest BCUT2D eigenvalue weighted by Gasteiger charge is -2.25. The summed E-state index contributed by atoms with van der Waals surface area (Å²) in [6.45, 7) is 3.84. The first-order valence-electron chi connectivity index (χ1n) is 6.27. The van der Waals surface area contributed by atoms with Crippen LogP contribution in [0.5, 0.6) is 0 Å². The van der Waals surface area contributed by atoms with Gasteiger partial charge >= 0.3 is 0 Å². The SMILES string of the molecule is CC(C)N(Cc1ccc(Cl)c(Cl)c1)S(=O)(=O)c1cn[nH]c1. The topological polar surface area (TPSA) is 66.1 Å². The van der Waals surface area contributed by atoms with E-state index in [4.69, 9.17) is 23.2 Å². The molecule has 1 N–H and O–H groups in total. The van der Waals surface area contributed by atoms with Crippen molar-refractivity contribution in [3.8, 4) is 0 Å². The zero-order valence-corrected chi connectivity index (χ0v) is 13.9. The number of halogens is 2. The Morgan fingerprint density at radius 3 is 2.52 bits per heavy atom.